The van der Waals surface area contributed by atoms with E-state index in [1.165, 1.54) is 13.3 Å². The van der Waals surface area contributed by atoms with Gasteiger partial charge in [0, 0.05) is 19.7 Å². The summed E-state index contributed by atoms with van der Waals surface area (Å²) in [7, 11) is 3.19. The van der Waals surface area contributed by atoms with Gasteiger partial charge < -0.3 is 19.8 Å². The van der Waals surface area contributed by atoms with E-state index in [9.17, 15) is 10.1 Å². The van der Waals surface area contributed by atoms with Crippen LogP contribution in [-0.4, -0.2) is 30.6 Å². The number of aromatic nitrogens is 1. The van der Waals surface area contributed by atoms with Gasteiger partial charge in [-0.05, 0) is 16.8 Å². The largest absolute Gasteiger partial charge is 0.489 e. The molecule has 0 spiro atoms. The van der Waals surface area contributed by atoms with Crippen LogP contribution in [0, 0.1) is 17.0 Å². The molecule has 1 aromatic heterocycles. The maximum atomic E-state index is 10.6. The minimum absolute atomic E-state index is 0.151. The third-order valence-electron chi connectivity index (χ3n) is 1.99. The van der Waals surface area contributed by atoms with E-state index in [1.54, 1.807) is 11.0 Å². The molecule has 1 aromatic rings. The predicted molar refractivity (Wildman–Crippen MR) is 56.1 cm³/mol. The number of hydrogen-bond donors (Lipinski definition) is 0. The van der Waals surface area contributed by atoms with Crippen molar-refractivity contribution in [2.45, 2.75) is 0 Å². The van der Waals surface area contributed by atoms with Crippen molar-refractivity contribution < 1.29 is 9.66 Å². The minimum Gasteiger partial charge on any atom is -0.489 e. The zero-order chi connectivity index (χ0) is 11.4. The molecule has 0 bridgehead atoms. The maximum Gasteiger partial charge on any atom is 0.406 e. The van der Waals surface area contributed by atoms with E-state index in [-0.39, 0.29) is 11.6 Å². The molecule has 1 heterocycles. The summed E-state index contributed by atoms with van der Waals surface area (Å²) < 4.78 is 4.89. The second kappa shape index (κ2) is 4.59. The van der Waals surface area contributed by atoms with Crippen molar-refractivity contribution in [2.75, 3.05) is 25.6 Å². The molecule has 0 aliphatic carbocycles. The van der Waals surface area contributed by atoms with Crippen LogP contribution in [0.2, 0.25) is 0 Å². The first kappa shape index (κ1) is 11.2. The molecule has 0 fully saturated rings. The molecule has 15 heavy (non-hydrogen) atoms. The molecule has 0 aliphatic rings. The van der Waals surface area contributed by atoms with E-state index in [2.05, 4.69) is 11.9 Å². The number of nitrogens with zero attached hydrogens (tertiary/aromatic N) is 3. The Balaban J connectivity index is 3.13. The normalized spacial score (nSPS) is 9.80. The fraction of sp³-hybridized carbons (Fsp3) is 0.333. The molecular formula is C9H12N3O3. The Morgan fingerprint density at radius 1 is 1.73 bits per heavy atom. The van der Waals surface area contributed by atoms with Crippen molar-refractivity contribution in [1.29, 1.82) is 0 Å². The zero-order valence-corrected chi connectivity index (χ0v) is 8.64. The minimum atomic E-state index is -0.577. The third-order valence-corrected chi connectivity index (χ3v) is 1.99. The molecule has 0 amide bonds. The van der Waals surface area contributed by atoms with Gasteiger partial charge in [-0.15, -0.1) is 0 Å². The average Bonchev–Trinajstić information content (AvgIpc) is 2.26. The first-order chi connectivity index (χ1) is 7.10. The number of rotatable bonds is 4. The second-order valence-electron chi connectivity index (χ2n) is 2.90. The van der Waals surface area contributed by atoms with Crippen LogP contribution in [-0.2, 0) is 0 Å². The number of methoxy groups -OCH3 is 1. The third kappa shape index (κ3) is 2.34. The first-order valence-electron chi connectivity index (χ1n) is 4.29. The van der Waals surface area contributed by atoms with E-state index in [1.807, 2.05) is 7.05 Å². The first-order valence-corrected chi connectivity index (χ1v) is 4.29. The van der Waals surface area contributed by atoms with Gasteiger partial charge in [-0.2, -0.15) is 0 Å². The molecule has 0 saturated carbocycles. The highest BCUT2D eigenvalue weighted by Crippen LogP contribution is 2.27. The van der Waals surface area contributed by atoms with Gasteiger partial charge in [0.1, 0.15) is 0 Å². The van der Waals surface area contributed by atoms with Crippen molar-refractivity contribution in [3.8, 4) is 5.75 Å². The Labute approximate surface area is 87.6 Å². The number of hydrogen-bond acceptors (Lipinski definition) is 5. The van der Waals surface area contributed by atoms with Crippen LogP contribution in [0.4, 0.5) is 11.5 Å². The monoisotopic (exact) mass is 210 g/mol. The van der Waals surface area contributed by atoms with E-state index in [0.717, 1.165) is 5.69 Å². The van der Waals surface area contributed by atoms with Crippen LogP contribution >= 0.6 is 0 Å². The highest BCUT2D eigenvalue weighted by Gasteiger charge is 2.17. The van der Waals surface area contributed by atoms with Gasteiger partial charge in [0.15, 0.2) is 6.20 Å². The van der Waals surface area contributed by atoms with Gasteiger partial charge >= 0.3 is 5.82 Å². The molecule has 1 rings (SSSR count). The second-order valence-corrected chi connectivity index (χ2v) is 2.90. The SMILES string of the molecule is [CH2]CN(C)c1cnc([N+](=O)[O-])c(OC)c1. The van der Waals surface area contributed by atoms with E-state index in [0.29, 0.717) is 6.54 Å². The summed E-state index contributed by atoms with van der Waals surface area (Å²) in [6, 6.07) is 1.57. The van der Waals surface area contributed by atoms with E-state index >= 15 is 0 Å². The molecule has 6 heteroatoms. The summed E-state index contributed by atoms with van der Waals surface area (Å²) in [5.74, 6) is -0.128. The number of pyridine rings is 1. The topological polar surface area (TPSA) is 68.5 Å². The molecule has 0 aliphatic heterocycles. The summed E-state index contributed by atoms with van der Waals surface area (Å²) in [6.45, 7) is 4.24. The Bertz CT molecular complexity index is 368. The quantitative estimate of drug-likeness (QED) is 0.553. The van der Waals surface area contributed by atoms with Crippen LogP contribution < -0.4 is 9.64 Å². The molecule has 81 valence electrons. The standard InChI is InChI=1S/C9H12N3O3/c1-4-11(2)7-5-8(15-3)9(10-6-7)12(13)14/h5-6H,1,4H2,2-3H3. The van der Waals surface area contributed by atoms with Crippen LogP contribution in [0.1, 0.15) is 0 Å². The lowest BCUT2D eigenvalue weighted by Gasteiger charge is -2.15. The number of ether oxygens (including phenoxy) is 1. The zero-order valence-electron chi connectivity index (χ0n) is 8.64. The summed E-state index contributed by atoms with van der Waals surface area (Å²) in [5.41, 5.74) is 0.729. The van der Waals surface area contributed by atoms with Crippen LogP contribution in [0.25, 0.3) is 0 Å². The molecule has 0 atom stereocenters. The van der Waals surface area contributed by atoms with Gasteiger partial charge in [-0.1, -0.05) is 0 Å². The average molecular weight is 210 g/mol. The summed E-state index contributed by atoms with van der Waals surface area (Å²) in [5, 5.41) is 10.6. The molecule has 0 aromatic carbocycles. The van der Waals surface area contributed by atoms with E-state index in [4.69, 9.17) is 4.74 Å². The number of nitro groups is 1. The fourth-order valence-corrected chi connectivity index (χ4v) is 1.05. The predicted octanol–water partition coefficient (Wildman–Crippen LogP) is 1.27. The molecule has 0 saturated heterocycles. The van der Waals surface area contributed by atoms with Crippen molar-refractivity contribution in [3.63, 3.8) is 0 Å². The van der Waals surface area contributed by atoms with Crippen molar-refractivity contribution in [1.82, 2.24) is 4.98 Å². The Kier molecular flexibility index (Phi) is 3.43. The molecule has 0 unspecified atom stereocenters. The van der Waals surface area contributed by atoms with Gasteiger partial charge in [0.2, 0.25) is 5.75 Å². The maximum absolute atomic E-state index is 10.6. The lowest BCUT2D eigenvalue weighted by molar-refractivity contribution is -0.390. The van der Waals surface area contributed by atoms with Crippen LogP contribution in [0.5, 0.6) is 5.75 Å². The highest BCUT2D eigenvalue weighted by atomic mass is 16.6. The van der Waals surface area contributed by atoms with Crippen molar-refractivity contribution >= 4 is 11.5 Å². The van der Waals surface area contributed by atoms with Crippen molar-refractivity contribution in [3.05, 3.63) is 29.3 Å². The Hall–Kier alpha value is -1.85. The smallest absolute Gasteiger partial charge is 0.406 e. The number of anilines is 1. The van der Waals surface area contributed by atoms with Gasteiger partial charge in [-0.25, -0.2) is 0 Å². The molecule has 0 N–H and O–H groups in total. The van der Waals surface area contributed by atoms with E-state index < -0.39 is 4.92 Å². The molecule has 6 nitrogen and oxygen atoms in total. The summed E-state index contributed by atoms with van der Waals surface area (Å²) in [4.78, 5) is 15.5. The van der Waals surface area contributed by atoms with Gasteiger partial charge in [0.05, 0.1) is 12.8 Å². The van der Waals surface area contributed by atoms with Gasteiger partial charge in [0.25, 0.3) is 0 Å². The van der Waals surface area contributed by atoms with Crippen molar-refractivity contribution in [2.24, 2.45) is 0 Å². The molecular weight excluding hydrogens is 198 g/mol. The Morgan fingerprint density at radius 2 is 2.40 bits per heavy atom. The van der Waals surface area contributed by atoms with Crippen LogP contribution in [0.3, 0.4) is 0 Å². The lowest BCUT2D eigenvalue weighted by Crippen LogP contribution is -2.16. The lowest BCUT2D eigenvalue weighted by atomic mass is 10.3. The fourth-order valence-electron chi connectivity index (χ4n) is 1.05. The van der Waals surface area contributed by atoms with Crippen LogP contribution in [0.15, 0.2) is 12.3 Å². The highest BCUT2D eigenvalue weighted by molar-refractivity contribution is 5.54. The molecule has 1 radical (unpaired) electrons. The Morgan fingerprint density at radius 3 is 2.87 bits per heavy atom. The summed E-state index contributed by atoms with van der Waals surface area (Å²) in [6.07, 6.45) is 1.42. The van der Waals surface area contributed by atoms with Gasteiger partial charge in [-0.3, -0.25) is 0 Å². The summed E-state index contributed by atoms with van der Waals surface area (Å²) >= 11 is 0.